The molecule has 1 aromatic carbocycles. The van der Waals surface area contributed by atoms with Gasteiger partial charge in [0.1, 0.15) is 22.6 Å². The van der Waals surface area contributed by atoms with Gasteiger partial charge in [0.25, 0.3) is 5.91 Å². The van der Waals surface area contributed by atoms with Crippen molar-refractivity contribution in [2.24, 2.45) is 30.0 Å². The molecule has 47 heavy (non-hydrogen) atoms. The van der Waals surface area contributed by atoms with Crippen LogP contribution in [0.3, 0.4) is 0 Å². The molecule has 1 aliphatic heterocycles. The molecule has 1 unspecified atom stereocenters. The number of hydrogen-bond donors (Lipinski definition) is 2. The number of nitrogens with zero attached hydrogens (tertiary/aromatic N) is 5. The lowest BCUT2D eigenvalue weighted by molar-refractivity contribution is -0.214. The number of carbonyl (C=O) groups excluding carboxylic acids is 2. The minimum atomic E-state index is -1.96. The van der Waals surface area contributed by atoms with Gasteiger partial charge in [0.05, 0.1) is 38.2 Å². The summed E-state index contributed by atoms with van der Waals surface area (Å²) in [4.78, 5) is 38.6. The topological polar surface area (TPSA) is 120 Å². The van der Waals surface area contributed by atoms with E-state index in [1.54, 1.807) is 19.2 Å². The molecule has 5 aliphatic carbocycles. The molecule has 3 aromatic heterocycles. The second-order valence-electron chi connectivity index (χ2n) is 15.0. The Hall–Kier alpha value is -3.99. The summed E-state index contributed by atoms with van der Waals surface area (Å²) in [6.45, 7) is 0.736. The molecule has 2 amide bonds. The molecule has 11 heteroatoms. The summed E-state index contributed by atoms with van der Waals surface area (Å²) < 4.78 is 41.7. The van der Waals surface area contributed by atoms with Gasteiger partial charge in [-0.1, -0.05) is 0 Å². The van der Waals surface area contributed by atoms with Crippen LogP contribution in [0.15, 0.2) is 30.3 Å². The van der Waals surface area contributed by atoms with Crippen molar-refractivity contribution in [3.8, 4) is 17.3 Å². The van der Waals surface area contributed by atoms with E-state index in [9.17, 15) is 14.0 Å². The van der Waals surface area contributed by atoms with E-state index >= 15 is 0 Å². The molecule has 0 spiro atoms. The predicted octanol–water partition coefficient (Wildman–Crippen LogP) is 5.03. The third-order valence-electron chi connectivity index (χ3n) is 11.6. The largest absolute Gasteiger partial charge is 0.494 e. The number of ether oxygens (including phenoxy) is 1. The highest BCUT2D eigenvalue weighted by Gasteiger charge is 2.72. The first kappa shape index (κ1) is 27.0. The Labute approximate surface area is 275 Å². The van der Waals surface area contributed by atoms with Crippen LogP contribution >= 0.6 is 0 Å². The number of nitrogens with one attached hydrogen (secondary N) is 1. The molecule has 3 N–H and O–H groups in total. The van der Waals surface area contributed by atoms with Crippen molar-refractivity contribution in [2.45, 2.75) is 88.6 Å². The number of hydrogen-bond acceptors (Lipinski definition) is 6. The monoisotopic (exact) mass is 641 g/mol. The number of carbonyl (C=O) groups is 2. The molecule has 6 aliphatic rings. The number of amides is 2. The number of likely N-dealkylation sites (tertiary alicyclic amines) is 1. The second kappa shape index (κ2) is 10.0. The molecule has 1 saturated heterocycles. The number of halogens is 1. The minimum Gasteiger partial charge on any atom is -0.494 e. The van der Waals surface area contributed by atoms with Gasteiger partial charge in [-0.3, -0.25) is 9.59 Å². The number of alkyl halides is 1. The number of nitrogens with two attached hydrogens (primary N) is 1. The molecule has 4 bridgehead atoms. The number of aryl methyl sites for hydroxylation is 1. The van der Waals surface area contributed by atoms with Crippen molar-refractivity contribution in [1.82, 2.24) is 29.3 Å². The van der Waals surface area contributed by atoms with Crippen molar-refractivity contribution in [2.75, 3.05) is 13.6 Å². The van der Waals surface area contributed by atoms with E-state index < -0.39 is 29.5 Å². The maximum atomic E-state index is 14.1. The van der Waals surface area contributed by atoms with Crippen LogP contribution in [0.1, 0.15) is 83.1 Å². The number of fused-ring (bicyclic) bond motifs is 4. The summed E-state index contributed by atoms with van der Waals surface area (Å²) >= 11 is 0. The quantitative estimate of drug-likeness (QED) is 0.279. The normalized spacial score (nSPS) is 31.6. The number of benzene rings is 1. The van der Waals surface area contributed by atoms with E-state index in [1.807, 2.05) is 30.7 Å². The summed E-state index contributed by atoms with van der Waals surface area (Å²) in [6.07, 6.45) is 5.51. The summed E-state index contributed by atoms with van der Waals surface area (Å²) in [6, 6.07) is 8.20. The number of aromatic nitrogens is 4. The maximum absolute atomic E-state index is 14.1. The lowest BCUT2D eigenvalue weighted by Gasteiger charge is -2.64. The number of methoxy groups -OCH3 is 1. The summed E-state index contributed by atoms with van der Waals surface area (Å²) in [5.74, 6) is 1.29. The van der Waals surface area contributed by atoms with Gasteiger partial charge in [-0.05, 0) is 100 Å². The van der Waals surface area contributed by atoms with Gasteiger partial charge in [0.2, 0.25) is 5.91 Å². The standard InChI is InChI=1S/C36H42FN7O3/c1-19(39-34(46)35-16-36(37,17-35)18-35)26-9-7-22-12-28(44(31(22)40-26)14-20-4-5-20)32-41-27-11-23(13-29(47-3)30(27)42(32)2)33(45)43-15-25(38)21-6-8-24(43)10-21/h7,9,11-13,19-21,24-25H,4-6,8,10,14-18,38H2,1-3H3,(H,39,46)/t19?,21-,24+,25+,35?,36?/m1/s1/i15D2. The highest BCUT2D eigenvalue weighted by molar-refractivity contribution is 6.00. The van der Waals surface area contributed by atoms with Crippen LogP contribution in [0.25, 0.3) is 33.6 Å². The SMILES string of the molecule is [2H]C1([2H])[C@H](N)[C@@H]2CC[C@@H](C2)N1C(=O)c1cc(OC)c2c(c1)nc(-c1cc3ccc(C(C)NC(=O)C45CC(F)(C4)C5)nc3n1CC1CC1)n2C. The lowest BCUT2D eigenvalue weighted by atomic mass is 9.42. The van der Waals surface area contributed by atoms with Crippen LogP contribution in [-0.4, -0.2) is 67.2 Å². The summed E-state index contributed by atoms with van der Waals surface area (Å²) in [5, 5.41) is 4.04. The third-order valence-corrected chi connectivity index (χ3v) is 11.6. The van der Waals surface area contributed by atoms with Gasteiger partial charge in [-0.2, -0.15) is 0 Å². The first-order valence-corrected chi connectivity index (χ1v) is 16.9. The van der Waals surface area contributed by atoms with E-state index in [-0.39, 0.29) is 23.9 Å². The van der Waals surface area contributed by atoms with E-state index in [0.29, 0.717) is 54.3 Å². The van der Waals surface area contributed by atoms with Crippen LogP contribution in [-0.2, 0) is 18.4 Å². The smallest absolute Gasteiger partial charge is 0.254 e. The lowest BCUT2D eigenvalue weighted by Crippen LogP contribution is -2.70. The Morgan fingerprint density at radius 1 is 1.17 bits per heavy atom. The average Bonchev–Trinajstić information content (AvgIpc) is 3.49. The number of pyridine rings is 1. The fourth-order valence-corrected chi connectivity index (χ4v) is 8.75. The molecular formula is C36H42FN7O3. The van der Waals surface area contributed by atoms with Crippen molar-refractivity contribution in [3.63, 3.8) is 0 Å². The van der Waals surface area contributed by atoms with Crippen LogP contribution in [0.2, 0.25) is 0 Å². The van der Waals surface area contributed by atoms with Crippen LogP contribution < -0.4 is 15.8 Å². The molecule has 10 nitrogen and oxygen atoms in total. The molecular weight excluding hydrogens is 597 g/mol. The fraction of sp³-hybridized carbons (Fsp3) is 0.556. The molecule has 6 fully saturated rings. The first-order valence-electron chi connectivity index (χ1n) is 17.9. The van der Waals surface area contributed by atoms with Crippen molar-refractivity contribution < 1.29 is 21.5 Å². The van der Waals surface area contributed by atoms with Gasteiger partial charge >= 0.3 is 0 Å². The Bertz CT molecular complexity index is 2050. The minimum absolute atomic E-state index is 0.0808. The molecule has 246 valence electrons. The maximum Gasteiger partial charge on any atom is 0.254 e. The van der Waals surface area contributed by atoms with Crippen molar-refractivity contribution in [1.29, 1.82) is 0 Å². The van der Waals surface area contributed by atoms with Crippen LogP contribution in [0.5, 0.6) is 5.75 Å². The van der Waals surface area contributed by atoms with Gasteiger partial charge in [0.15, 0.2) is 5.82 Å². The van der Waals surface area contributed by atoms with Gasteiger partial charge < -0.3 is 29.8 Å². The van der Waals surface area contributed by atoms with E-state index in [2.05, 4.69) is 16.0 Å². The predicted molar refractivity (Wildman–Crippen MR) is 176 cm³/mol. The molecule has 0 radical (unpaired) electrons. The van der Waals surface area contributed by atoms with Crippen molar-refractivity contribution >= 4 is 33.9 Å². The Balaban J connectivity index is 1.08. The Morgan fingerprint density at radius 2 is 1.96 bits per heavy atom. The molecule has 10 rings (SSSR count). The first-order chi connectivity index (χ1) is 23.3. The average molecular weight is 642 g/mol. The van der Waals surface area contributed by atoms with Crippen LogP contribution in [0, 0.1) is 17.3 Å². The summed E-state index contributed by atoms with van der Waals surface area (Å²) in [5.41, 5.74) is 8.71. The van der Waals surface area contributed by atoms with Gasteiger partial charge in [0, 0.05) is 43.1 Å². The Morgan fingerprint density at radius 3 is 2.68 bits per heavy atom. The number of imidazole rings is 1. The van der Waals surface area contributed by atoms with E-state index in [1.165, 1.54) is 4.90 Å². The van der Waals surface area contributed by atoms with Crippen molar-refractivity contribution in [3.05, 3.63) is 41.6 Å². The number of piperidine rings is 1. The number of rotatable bonds is 8. The van der Waals surface area contributed by atoms with Crippen LogP contribution in [0.4, 0.5) is 4.39 Å². The van der Waals surface area contributed by atoms with Gasteiger partial charge in [-0.15, -0.1) is 0 Å². The molecule has 4 heterocycles. The summed E-state index contributed by atoms with van der Waals surface area (Å²) in [7, 11) is 3.49. The molecule has 4 atom stereocenters. The third kappa shape index (κ3) is 4.44. The highest BCUT2D eigenvalue weighted by atomic mass is 19.1. The highest BCUT2D eigenvalue weighted by Crippen LogP contribution is 2.69. The zero-order valence-electron chi connectivity index (χ0n) is 29.1. The molecule has 5 saturated carbocycles. The van der Waals surface area contributed by atoms with Gasteiger partial charge in [-0.25, -0.2) is 14.4 Å². The zero-order valence-corrected chi connectivity index (χ0v) is 27.1. The Kier molecular flexibility index (Phi) is 5.75. The van der Waals surface area contributed by atoms with E-state index in [4.69, 9.17) is 23.2 Å². The zero-order chi connectivity index (χ0) is 34.2. The van der Waals surface area contributed by atoms with E-state index in [0.717, 1.165) is 60.2 Å². The fourth-order valence-electron chi connectivity index (χ4n) is 8.75. The molecule has 4 aromatic rings. The second-order valence-corrected chi connectivity index (χ2v) is 15.0.